The van der Waals surface area contributed by atoms with Crippen molar-refractivity contribution in [2.24, 2.45) is 0 Å². The second-order valence-electron chi connectivity index (χ2n) is 8.58. The average molecular weight is 488 g/mol. The summed E-state index contributed by atoms with van der Waals surface area (Å²) in [7, 11) is -3.63. The molecule has 9 heteroatoms. The van der Waals surface area contributed by atoms with Crippen LogP contribution >= 0.6 is 11.8 Å². The summed E-state index contributed by atoms with van der Waals surface area (Å²) >= 11 is 1.40. The fraction of sp³-hybridized carbons (Fsp3) is 0.417. The first kappa shape index (κ1) is 23.8. The summed E-state index contributed by atoms with van der Waals surface area (Å²) in [6.45, 7) is 4.50. The third-order valence-electron chi connectivity index (χ3n) is 6.04. The van der Waals surface area contributed by atoms with E-state index >= 15 is 0 Å². The van der Waals surface area contributed by atoms with Crippen LogP contribution in [0.4, 0.5) is 5.69 Å². The van der Waals surface area contributed by atoms with E-state index in [2.05, 4.69) is 27.7 Å². The second kappa shape index (κ2) is 10.3. The summed E-state index contributed by atoms with van der Waals surface area (Å²) < 4.78 is 25.5. The van der Waals surface area contributed by atoms with E-state index in [1.54, 1.807) is 19.1 Å². The number of rotatable bonds is 7. The molecule has 1 saturated heterocycles. The highest BCUT2D eigenvalue weighted by Gasteiger charge is 2.26. The van der Waals surface area contributed by atoms with Crippen molar-refractivity contribution in [3.8, 4) is 0 Å². The van der Waals surface area contributed by atoms with Gasteiger partial charge in [0, 0.05) is 37.0 Å². The second-order valence-corrected chi connectivity index (χ2v) is 12.1. The summed E-state index contributed by atoms with van der Waals surface area (Å²) in [5.74, 6) is -0.644. The van der Waals surface area contributed by atoms with Crippen molar-refractivity contribution < 1.29 is 18.0 Å². The molecular formula is C24H29N3O4S2. The fourth-order valence-electron chi connectivity index (χ4n) is 4.10. The van der Waals surface area contributed by atoms with Gasteiger partial charge in [0.05, 0.1) is 21.6 Å². The van der Waals surface area contributed by atoms with Crippen LogP contribution in [0.1, 0.15) is 31.7 Å². The Morgan fingerprint density at radius 2 is 1.88 bits per heavy atom. The number of piperidine rings is 1. The number of likely N-dealkylation sites (tertiary alicyclic amines) is 1. The first-order valence-corrected chi connectivity index (χ1v) is 13.7. The lowest BCUT2D eigenvalue weighted by atomic mass is 10.0. The van der Waals surface area contributed by atoms with Crippen LogP contribution in [0.3, 0.4) is 0 Å². The lowest BCUT2D eigenvalue weighted by molar-refractivity contribution is -0.121. The van der Waals surface area contributed by atoms with E-state index in [4.69, 9.17) is 0 Å². The quantitative estimate of drug-likeness (QED) is 0.623. The molecule has 0 unspecified atom stereocenters. The van der Waals surface area contributed by atoms with Gasteiger partial charge in [0.15, 0.2) is 9.84 Å². The Morgan fingerprint density at radius 3 is 2.61 bits per heavy atom. The maximum Gasteiger partial charge on any atom is 0.237 e. The Bertz CT molecular complexity index is 1110. The molecular weight excluding hydrogens is 458 g/mol. The molecule has 2 aliphatic heterocycles. The van der Waals surface area contributed by atoms with Gasteiger partial charge in [-0.3, -0.25) is 14.5 Å². The predicted molar refractivity (Wildman–Crippen MR) is 130 cm³/mol. The third kappa shape index (κ3) is 6.16. The van der Waals surface area contributed by atoms with Crippen molar-refractivity contribution in [3.05, 3.63) is 54.1 Å². The van der Waals surface area contributed by atoms with Crippen LogP contribution in [0.2, 0.25) is 0 Å². The van der Waals surface area contributed by atoms with E-state index < -0.39 is 9.84 Å². The van der Waals surface area contributed by atoms with Crippen molar-refractivity contribution in [1.82, 2.24) is 10.2 Å². The number of anilines is 1. The average Bonchev–Trinajstić information content (AvgIpc) is 2.80. The van der Waals surface area contributed by atoms with E-state index in [1.165, 1.54) is 23.4 Å². The molecule has 33 heavy (non-hydrogen) atoms. The molecule has 176 valence electrons. The van der Waals surface area contributed by atoms with Crippen LogP contribution in [-0.2, 0) is 26.0 Å². The van der Waals surface area contributed by atoms with Crippen molar-refractivity contribution in [2.45, 2.75) is 53.8 Å². The molecule has 0 spiro atoms. The molecule has 2 N–H and O–H groups in total. The van der Waals surface area contributed by atoms with Crippen LogP contribution in [-0.4, -0.2) is 55.3 Å². The van der Waals surface area contributed by atoms with Gasteiger partial charge in [-0.2, -0.15) is 0 Å². The van der Waals surface area contributed by atoms with Crippen molar-refractivity contribution in [2.75, 3.05) is 24.2 Å². The molecule has 0 aliphatic carbocycles. The Kier molecular flexibility index (Phi) is 7.41. The highest BCUT2D eigenvalue weighted by molar-refractivity contribution is 8.01. The van der Waals surface area contributed by atoms with E-state index in [9.17, 15) is 18.0 Å². The van der Waals surface area contributed by atoms with Gasteiger partial charge < -0.3 is 10.6 Å². The minimum absolute atomic E-state index is 0.0743. The molecule has 4 rings (SSSR count). The number of carbonyl (C=O) groups is 2. The van der Waals surface area contributed by atoms with Gasteiger partial charge in [-0.1, -0.05) is 30.3 Å². The SMILES string of the molecule is C[C@H]1Sc2ccc(S(=O)(=O)CCC(=O)NC3CCN(Cc4ccccc4)CC3)cc2NC1=O. The normalized spacial score (nSPS) is 19.5. The lowest BCUT2D eigenvalue weighted by Gasteiger charge is -2.32. The van der Waals surface area contributed by atoms with Gasteiger partial charge in [-0.25, -0.2) is 8.42 Å². The first-order valence-electron chi connectivity index (χ1n) is 11.2. The zero-order chi connectivity index (χ0) is 23.4. The number of nitrogens with one attached hydrogen (secondary N) is 2. The predicted octanol–water partition coefficient (Wildman–Crippen LogP) is 3.06. The van der Waals surface area contributed by atoms with E-state index in [1.807, 2.05) is 18.2 Å². The van der Waals surface area contributed by atoms with Crippen LogP contribution in [0.15, 0.2) is 58.3 Å². The molecule has 1 fully saturated rings. The van der Waals surface area contributed by atoms with Crippen molar-refractivity contribution in [3.63, 3.8) is 0 Å². The molecule has 2 heterocycles. The summed E-state index contributed by atoms with van der Waals surface area (Å²) in [5.41, 5.74) is 1.79. The number of carbonyl (C=O) groups excluding carboxylic acids is 2. The molecule has 2 aromatic rings. The van der Waals surface area contributed by atoms with Gasteiger partial charge in [0.2, 0.25) is 11.8 Å². The third-order valence-corrected chi connectivity index (χ3v) is 8.93. The smallest absolute Gasteiger partial charge is 0.237 e. The number of benzene rings is 2. The highest BCUT2D eigenvalue weighted by Crippen LogP contribution is 2.36. The topological polar surface area (TPSA) is 95.6 Å². The molecule has 2 amide bonds. The minimum atomic E-state index is -3.63. The van der Waals surface area contributed by atoms with E-state index in [-0.39, 0.29) is 40.2 Å². The van der Waals surface area contributed by atoms with Crippen molar-refractivity contribution >= 4 is 39.1 Å². The van der Waals surface area contributed by atoms with Gasteiger partial charge in [-0.05, 0) is 43.5 Å². The monoisotopic (exact) mass is 487 g/mol. The van der Waals surface area contributed by atoms with Crippen LogP contribution in [0.5, 0.6) is 0 Å². The molecule has 0 bridgehead atoms. The van der Waals surface area contributed by atoms with Gasteiger partial charge in [0.25, 0.3) is 0 Å². The van der Waals surface area contributed by atoms with E-state index in [0.29, 0.717) is 5.69 Å². The maximum absolute atomic E-state index is 12.8. The standard InChI is InChI=1S/C24H29N3O4S2/c1-17-24(29)26-21-15-20(7-8-22(21)32-17)33(30,31)14-11-23(28)25-19-9-12-27(13-10-19)16-18-5-3-2-4-6-18/h2-8,15,17,19H,9-14,16H2,1H3,(H,25,28)(H,26,29)/t17-/m1/s1. The zero-order valence-electron chi connectivity index (χ0n) is 18.6. The highest BCUT2D eigenvalue weighted by atomic mass is 32.2. The Labute approximate surface area is 199 Å². The Balaban J connectivity index is 1.25. The van der Waals surface area contributed by atoms with Gasteiger partial charge in [0.1, 0.15) is 0 Å². The largest absolute Gasteiger partial charge is 0.353 e. The summed E-state index contributed by atoms with van der Waals surface area (Å²) in [6, 6.07) is 15.1. The maximum atomic E-state index is 12.8. The lowest BCUT2D eigenvalue weighted by Crippen LogP contribution is -2.44. The Morgan fingerprint density at radius 1 is 1.15 bits per heavy atom. The van der Waals surface area contributed by atoms with Crippen molar-refractivity contribution in [1.29, 1.82) is 0 Å². The molecule has 0 aromatic heterocycles. The number of hydrogen-bond acceptors (Lipinski definition) is 6. The molecule has 7 nitrogen and oxygen atoms in total. The molecule has 2 aromatic carbocycles. The fourth-order valence-corrected chi connectivity index (χ4v) is 6.30. The number of hydrogen-bond donors (Lipinski definition) is 2. The summed E-state index contributed by atoms with van der Waals surface area (Å²) in [5, 5.41) is 5.54. The molecule has 2 aliphatic rings. The number of amides is 2. The summed E-state index contributed by atoms with van der Waals surface area (Å²) in [6.07, 6.45) is 1.62. The number of nitrogens with zero attached hydrogens (tertiary/aromatic N) is 1. The van der Waals surface area contributed by atoms with Crippen LogP contribution in [0, 0.1) is 0 Å². The number of fused-ring (bicyclic) bond motifs is 1. The number of sulfone groups is 1. The summed E-state index contributed by atoms with van der Waals surface area (Å²) in [4.78, 5) is 27.7. The van der Waals surface area contributed by atoms with E-state index in [0.717, 1.165) is 37.4 Å². The molecule has 0 radical (unpaired) electrons. The zero-order valence-corrected chi connectivity index (χ0v) is 20.3. The molecule has 1 atom stereocenters. The first-order chi connectivity index (χ1) is 15.8. The van der Waals surface area contributed by atoms with Crippen LogP contribution in [0.25, 0.3) is 0 Å². The minimum Gasteiger partial charge on any atom is -0.353 e. The van der Waals surface area contributed by atoms with Crippen LogP contribution < -0.4 is 10.6 Å². The van der Waals surface area contributed by atoms with Gasteiger partial charge >= 0.3 is 0 Å². The Hall–Kier alpha value is -2.36. The van der Waals surface area contributed by atoms with Gasteiger partial charge in [-0.15, -0.1) is 11.8 Å². The number of thioether (sulfide) groups is 1. The molecule has 0 saturated carbocycles.